The summed E-state index contributed by atoms with van der Waals surface area (Å²) in [6, 6.07) is 8.27. The summed E-state index contributed by atoms with van der Waals surface area (Å²) in [5.74, 6) is 0.122. The number of nitrogen functional groups attached to an aromatic ring is 1. The Hall–Kier alpha value is -1.63. The average Bonchev–Trinajstić information content (AvgIpc) is 3.13. The highest BCUT2D eigenvalue weighted by atomic mass is 32.2. The number of thiophene rings is 1. The van der Waals surface area contributed by atoms with Crippen LogP contribution in [0.5, 0.6) is 0 Å². The number of nitrogens with one attached hydrogen (secondary N) is 1. The number of benzene rings is 1. The molecule has 6 heteroatoms. The van der Waals surface area contributed by atoms with E-state index in [9.17, 15) is 0 Å². The molecule has 3 nitrogen and oxygen atoms in total. The van der Waals surface area contributed by atoms with Crippen LogP contribution in [0.3, 0.4) is 0 Å². The molecule has 0 saturated carbocycles. The maximum absolute atomic E-state index is 7.68. The van der Waals surface area contributed by atoms with Gasteiger partial charge in [0.2, 0.25) is 0 Å². The van der Waals surface area contributed by atoms with Crippen molar-refractivity contribution in [2.45, 2.75) is 11.8 Å². The van der Waals surface area contributed by atoms with Crippen LogP contribution >= 0.6 is 34.4 Å². The molecule has 0 aliphatic carbocycles. The predicted octanol–water partition coefficient (Wildman–Crippen LogP) is 4.85. The van der Waals surface area contributed by atoms with E-state index in [1.807, 2.05) is 23.8 Å². The summed E-state index contributed by atoms with van der Waals surface area (Å²) in [7, 11) is 0. The Morgan fingerprint density at radius 3 is 2.64 bits per heavy atom. The van der Waals surface area contributed by atoms with Crippen LogP contribution in [0.15, 0.2) is 39.9 Å². The quantitative estimate of drug-likeness (QED) is 0.403. The molecule has 0 aliphatic rings. The zero-order valence-electron chi connectivity index (χ0n) is 12.2. The van der Waals surface area contributed by atoms with Gasteiger partial charge < -0.3 is 5.73 Å². The van der Waals surface area contributed by atoms with E-state index >= 15 is 0 Å². The van der Waals surface area contributed by atoms with Gasteiger partial charge in [-0.1, -0.05) is 24.3 Å². The molecule has 0 amide bonds. The fourth-order valence-corrected chi connectivity index (χ4v) is 5.19. The third-order valence-corrected chi connectivity index (χ3v) is 6.20. The number of aromatic nitrogens is 1. The molecule has 0 saturated heterocycles. The van der Waals surface area contributed by atoms with Crippen molar-refractivity contribution in [3.63, 3.8) is 0 Å². The first kappa shape index (κ1) is 15.3. The fourth-order valence-electron chi connectivity index (χ4n) is 2.26. The Balaban J connectivity index is 2.05. The van der Waals surface area contributed by atoms with Gasteiger partial charge in [-0.25, -0.2) is 4.98 Å². The summed E-state index contributed by atoms with van der Waals surface area (Å²) in [5, 5.41) is 12.8. The SMILES string of the molecule is CSc1c(-c2nc(-c3ccccc3C)cs2)csc1C(=N)N. The summed E-state index contributed by atoms with van der Waals surface area (Å²) in [6.07, 6.45) is 2.01. The fraction of sp³-hybridized carbons (Fsp3) is 0.125. The van der Waals surface area contributed by atoms with Gasteiger partial charge in [0.1, 0.15) is 10.8 Å². The van der Waals surface area contributed by atoms with Crippen molar-refractivity contribution in [2.24, 2.45) is 5.73 Å². The molecule has 2 heterocycles. The van der Waals surface area contributed by atoms with E-state index in [0.717, 1.165) is 31.6 Å². The molecule has 1 aromatic carbocycles. The van der Waals surface area contributed by atoms with Gasteiger partial charge in [0.15, 0.2) is 0 Å². The van der Waals surface area contributed by atoms with Gasteiger partial charge >= 0.3 is 0 Å². The number of thioether (sulfide) groups is 1. The highest BCUT2D eigenvalue weighted by Gasteiger charge is 2.17. The summed E-state index contributed by atoms with van der Waals surface area (Å²) < 4.78 is 0. The van der Waals surface area contributed by atoms with E-state index in [4.69, 9.17) is 16.1 Å². The minimum atomic E-state index is 0.122. The minimum Gasteiger partial charge on any atom is -0.383 e. The van der Waals surface area contributed by atoms with Crippen LogP contribution in [0.25, 0.3) is 21.8 Å². The first-order valence-corrected chi connectivity index (χ1v) is 9.62. The monoisotopic (exact) mass is 345 g/mol. The molecular weight excluding hydrogens is 330 g/mol. The van der Waals surface area contributed by atoms with Crippen molar-refractivity contribution in [3.05, 3.63) is 45.5 Å². The van der Waals surface area contributed by atoms with Gasteiger partial charge in [-0.15, -0.1) is 34.4 Å². The minimum absolute atomic E-state index is 0.122. The Kier molecular flexibility index (Phi) is 4.33. The average molecular weight is 346 g/mol. The Morgan fingerprint density at radius 2 is 1.95 bits per heavy atom. The summed E-state index contributed by atoms with van der Waals surface area (Å²) in [4.78, 5) is 6.67. The lowest BCUT2D eigenvalue weighted by atomic mass is 10.1. The Bertz CT molecular complexity index is 833. The number of thiazole rings is 1. The lowest BCUT2D eigenvalue weighted by Crippen LogP contribution is -2.09. The second-order valence-electron chi connectivity index (χ2n) is 4.78. The van der Waals surface area contributed by atoms with Crippen LogP contribution in [0.2, 0.25) is 0 Å². The number of rotatable bonds is 4. The number of aryl methyl sites for hydroxylation is 1. The maximum atomic E-state index is 7.68. The highest BCUT2D eigenvalue weighted by molar-refractivity contribution is 7.99. The molecule has 3 aromatic rings. The molecule has 112 valence electrons. The molecule has 2 aromatic heterocycles. The van der Waals surface area contributed by atoms with Crippen LogP contribution in [-0.2, 0) is 0 Å². The predicted molar refractivity (Wildman–Crippen MR) is 98.4 cm³/mol. The zero-order chi connectivity index (χ0) is 15.7. The smallest absolute Gasteiger partial charge is 0.134 e. The summed E-state index contributed by atoms with van der Waals surface area (Å²) in [5.41, 5.74) is 10.1. The Labute approximate surface area is 141 Å². The van der Waals surface area contributed by atoms with Gasteiger partial charge in [-0.3, -0.25) is 5.41 Å². The van der Waals surface area contributed by atoms with E-state index in [1.165, 1.54) is 16.9 Å². The summed E-state index contributed by atoms with van der Waals surface area (Å²) in [6.45, 7) is 2.10. The molecule has 0 radical (unpaired) electrons. The van der Waals surface area contributed by atoms with Gasteiger partial charge in [0, 0.05) is 26.8 Å². The molecule has 3 rings (SSSR count). The first-order valence-electron chi connectivity index (χ1n) is 6.63. The number of hydrogen-bond donors (Lipinski definition) is 2. The van der Waals surface area contributed by atoms with Crippen molar-refractivity contribution in [1.29, 1.82) is 5.41 Å². The molecule has 0 atom stereocenters. The van der Waals surface area contributed by atoms with Crippen LogP contribution in [-0.4, -0.2) is 17.1 Å². The maximum Gasteiger partial charge on any atom is 0.134 e. The number of hydrogen-bond acceptors (Lipinski definition) is 5. The number of nitrogens with two attached hydrogens (primary N) is 1. The molecule has 0 aliphatic heterocycles. The largest absolute Gasteiger partial charge is 0.383 e. The number of amidine groups is 1. The van der Waals surface area contributed by atoms with Crippen molar-refractivity contribution >= 4 is 40.3 Å². The van der Waals surface area contributed by atoms with E-state index in [2.05, 4.69) is 24.4 Å². The molecule has 0 spiro atoms. The van der Waals surface area contributed by atoms with Gasteiger partial charge in [0.25, 0.3) is 0 Å². The van der Waals surface area contributed by atoms with E-state index < -0.39 is 0 Å². The summed E-state index contributed by atoms with van der Waals surface area (Å²) >= 11 is 4.76. The van der Waals surface area contributed by atoms with Crippen LogP contribution in [0, 0.1) is 12.3 Å². The lowest BCUT2D eigenvalue weighted by molar-refractivity contribution is 1.35. The molecule has 3 N–H and O–H groups in total. The second-order valence-corrected chi connectivity index (χ2v) is 7.33. The normalized spacial score (nSPS) is 10.8. The van der Waals surface area contributed by atoms with Crippen LogP contribution in [0.4, 0.5) is 0 Å². The third-order valence-electron chi connectivity index (χ3n) is 3.35. The Morgan fingerprint density at radius 1 is 1.18 bits per heavy atom. The van der Waals surface area contributed by atoms with Gasteiger partial charge in [0.05, 0.1) is 10.6 Å². The van der Waals surface area contributed by atoms with Gasteiger partial charge in [-0.2, -0.15) is 0 Å². The molecule has 0 unspecified atom stereocenters. The van der Waals surface area contributed by atoms with Crippen molar-refractivity contribution in [1.82, 2.24) is 4.98 Å². The zero-order valence-corrected chi connectivity index (χ0v) is 14.7. The lowest BCUT2D eigenvalue weighted by Gasteiger charge is -2.02. The van der Waals surface area contributed by atoms with E-state index in [1.54, 1.807) is 23.1 Å². The molecule has 22 heavy (non-hydrogen) atoms. The topological polar surface area (TPSA) is 62.8 Å². The third kappa shape index (κ3) is 2.69. The van der Waals surface area contributed by atoms with Crippen molar-refractivity contribution in [3.8, 4) is 21.8 Å². The highest BCUT2D eigenvalue weighted by Crippen LogP contribution is 2.40. The van der Waals surface area contributed by atoms with E-state index in [0.29, 0.717) is 0 Å². The van der Waals surface area contributed by atoms with E-state index in [-0.39, 0.29) is 5.84 Å². The second kappa shape index (κ2) is 6.24. The van der Waals surface area contributed by atoms with Crippen LogP contribution in [0.1, 0.15) is 10.4 Å². The standard InChI is InChI=1S/C16H15N3S3/c1-9-5-3-4-6-10(9)12-8-22-16(19-12)11-7-21-14(15(17)18)13(11)20-2/h3-8H,1-2H3,(H3,17,18). The molecular formula is C16H15N3S3. The molecule has 0 bridgehead atoms. The molecule has 0 fully saturated rings. The van der Waals surface area contributed by atoms with Crippen LogP contribution < -0.4 is 5.73 Å². The van der Waals surface area contributed by atoms with Gasteiger partial charge in [-0.05, 0) is 18.7 Å². The van der Waals surface area contributed by atoms with Crippen molar-refractivity contribution in [2.75, 3.05) is 6.26 Å². The van der Waals surface area contributed by atoms with Crippen molar-refractivity contribution < 1.29 is 0 Å². The first-order chi connectivity index (χ1) is 10.6. The number of nitrogens with zero attached hydrogens (tertiary/aromatic N) is 1.